The van der Waals surface area contributed by atoms with Crippen LogP contribution >= 0.6 is 11.6 Å². The molecule has 1 amide bonds. The predicted molar refractivity (Wildman–Crippen MR) is 77.8 cm³/mol. The quantitative estimate of drug-likeness (QED) is 0.755. The maximum atomic E-state index is 12.2. The second-order valence-corrected chi connectivity index (χ2v) is 7.38. The van der Waals surface area contributed by atoms with Crippen molar-refractivity contribution in [3.05, 3.63) is 0 Å². The Morgan fingerprint density at radius 3 is 2.61 bits per heavy atom. The number of hydrogen-bond acceptors (Lipinski definition) is 1. The van der Waals surface area contributed by atoms with Gasteiger partial charge in [-0.25, -0.2) is 0 Å². The largest absolute Gasteiger partial charge is 0.354 e. The SMILES string of the molecule is CC(C)CC(Cl)CNC(=O)C1CCCCC1(C)C. The molecule has 0 spiro atoms. The standard InChI is InChI=1S/C15H28ClNO/c1-11(2)9-12(16)10-17-14(18)13-7-5-6-8-15(13,3)4/h11-13H,5-10H2,1-4H3,(H,17,18). The van der Waals surface area contributed by atoms with Crippen molar-refractivity contribution in [2.24, 2.45) is 17.3 Å². The zero-order chi connectivity index (χ0) is 13.8. The van der Waals surface area contributed by atoms with E-state index in [-0.39, 0.29) is 22.6 Å². The Morgan fingerprint density at radius 1 is 1.39 bits per heavy atom. The summed E-state index contributed by atoms with van der Waals surface area (Å²) in [5.41, 5.74) is 0.141. The summed E-state index contributed by atoms with van der Waals surface area (Å²) in [6, 6.07) is 0. The van der Waals surface area contributed by atoms with Crippen molar-refractivity contribution in [2.45, 2.75) is 65.2 Å². The molecule has 2 nitrogen and oxygen atoms in total. The van der Waals surface area contributed by atoms with Crippen molar-refractivity contribution in [3.63, 3.8) is 0 Å². The van der Waals surface area contributed by atoms with Crippen molar-refractivity contribution in [1.29, 1.82) is 0 Å². The number of halogens is 1. The average molecular weight is 274 g/mol. The van der Waals surface area contributed by atoms with Crippen LogP contribution in [-0.2, 0) is 4.79 Å². The highest BCUT2D eigenvalue weighted by atomic mass is 35.5. The molecule has 0 aromatic rings. The molecule has 0 heterocycles. The molecular weight excluding hydrogens is 246 g/mol. The number of hydrogen-bond donors (Lipinski definition) is 1. The van der Waals surface area contributed by atoms with Gasteiger partial charge in [0.2, 0.25) is 5.91 Å². The molecule has 2 unspecified atom stereocenters. The summed E-state index contributed by atoms with van der Waals surface area (Å²) in [5, 5.41) is 3.10. The Balaban J connectivity index is 2.40. The van der Waals surface area contributed by atoms with E-state index in [9.17, 15) is 4.79 Å². The zero-order valence-electron chi connectivity index (χ0n) is 12.3. The van der Waals surface area contributed by atoms with Gasteiger partial charge in [-0.3, -0.25) is 4.79 Å². The lowest BCUT2D eigenvalue weighted by atomic mass is 9.68. The van der Waals surface area contributed by atoms with E-state index < -0.39 is 0 Å². The molecule has 3 heteroatoms. The second kappa shape index (κ2) is 6.79. The predicted octanol–water partition coefficient (Wildman–Crippen LogP) is 3.97. The molecule has 0 aliphatic heterocycles. The lowest BCUT2D eigenvalue weighted by Gasteiger charge is -2.37. The van der Waals surface area contributed by atoms with Crippen molar-refractivity contribution < 1.29 is 4.79 Å². The first-order chi connectivity index (χ1) is 8.33. The highest BCUT2D eigenvalue weighted by molar-refractivity contribution is 6.20. The summed E-state index contributed by atoms with van der Waals surface area (Å²) >= 11 is 6.22. The van der Waals surface area contributed by atoms with Crippen molar-refractivity contribution >= 4 is 17.5 Å². The van der Waals surface area contributed by atoms with Gasteiger partial charge in [-0.1, -0.05) is 40.5 Å². The summed E-state index contributed by atoms with van der Waals surface area (Å²) in [6.07, 6.45) is 5.56. The normalized spacial score (nSPS) is 24.9. The van der Waals surface area contributed by atoms with Crippen molar-refractivity contribution in [2.75, 3.05) is 6.54 Å². The van der Waals surface area contributed by atoms with Crippen LogP contribution in [0.2, 0.25) is 0 Å². The van der Waals surface area contributed by atoms with Crippen LogP contribution in [0.3, 0.4) is 0 Å². The molecule has 0 aromatic carbocycles. The van der Waals surface area contributed by atoms with Gasteiger partial charge in [-0.15, -0.1) is 11.6 Å². The molecule has 0 aromatic heterocycles. The minimum atomic E-state index is 0.0562. The first-order valence-electron chi connectivity index (χ1n) is 7.24. The van der Waals surface area contributed by atoms with Crippen LogP contribution in [0.25, 0.3) is 0 Å². The Morgan fingerprint density at radius 2 is 2.06 bits per heavy atom. The summed E-state index contributed by atoms with van der Waals surface area (Å²) in [4.78, 5) is 12.2. The van der Waals surface area contributed by atoms with Crippen LogP contribution in [0, 0.1) is 17.3 Å². The Bertz CT molecular complexity index is 276. The van der Waals surface area contributed by atoms with E-state index in [1.807, 2.05) is 0 Å². The van der Waals surface area contributed by atoms with Crippen LogP contribution in [0.1, 0.15) is 59.8 Å². The number of carbonyl (C=O) groups excluding carboxylic acids is 1. The minimum absolute atomic E-state index is 0.0562. The summed E-state index contributed by atoms with van der Waals surface area (Å²) in [5.74, 6) is 0.943. The van der Waals surface area contributed by atoms with Gasteiger partial charge in [0.25, 0.3) is 0 Å². The van der Waals surface area contributed by atoms with Crippen LogP contribution in [0.5, 0.6) is 0 Å². The van der Waals surface area contributed by atoms with Gasteiger partial charge in [0, 0.05) is 12.5 Å². The Kier molecular flexibility index (Phi) is 5.97. The van der Waals surface area contributed by atoms with Crippen LogP contribution in [0.4, 0.5) is 0 Å². The van der Waals surface area contributed by atoms with Gasteiger partial charge < -0.3 is 5.32 Å². The van der Waals surface area contributed by atoms with E-state index in [1.165, 1.54) is 12.8 Å². The molecule has 1 aliphatic carbocycles. The molecule has 1 saturated carbocycles. The van der Waals surface area contributed by atoms with Gasteiger partial charge in [0.05, 0.1) is 5.38 Å². The van der Waals surface area contributed by atoms with E-state index >= 15 is 0 Å². The Hall–Kier alpha value is -0.240. The lowest BCUT2D eigenvalue weighted by Crippen LogP contribution is -2.42. The lowest BCUT2D eigenvalue weighted by molar-refractivity contribution is -0.130. The topological polar surface area (TPSA) is 29.1 Å². The first kappa shape index (κ1) is 15.8. The van der Waals surface area contributed by atoms with Gasteiger partial charge >= 0.3 is 0 Å². The highest BCUT2D eigenvalue weighted by Crippen LogP contribution is 2.40. The monoisotopic (exact) mass is 273 g/mol. The fourth-order valence-corrected chi connectivity index (χ4v) is 3.34. The molecule has 106 valence electrons. The molecule has 1 N–H and O–H groups in total. The smallest absolute Gasteiger partial charge is 0.223 e. The van der Waals surface area contributed by atoms with E-state index in [1.54, 1.807) is 0 Å². The van der Waals surface area contributed by atoms with E-state index in [0.717, 1.165) is 19.3 Å². The molecule has 0 bridgehead atoms. The minimum Gasteiger partial charge on any atom is -0.354 e. The summed E-state index contributed by atoms with van der Waals surface area (Å²) in [7, 11) is 0. The first-order valence-corrected chi connectivity index (χ1v) is 7.68. The summed E-state index contributed by atoms with van der Waals surface area (Å²) < 4.78 is 0. The number of rotatable bonds is 5. The second-order valence-electron chi connectivity index (χ2n) is 6.76. The van der Waals surface area contributed by atoms with Gasteiger partial charge in [-0.05, 0) is 30.6 Å². The van der Waals surface area contributed by atoms with Crippen LogP contribution < -0.4 is 5.32 Å². The third-order valence-corrected chi connectivity index (χ3v) is 4.38. The molecule has 1 fully saturated rings. The maximum Gasteiger partial charge on any atom is 0.223 e. The molecule has 0 radical (unpaired) electrons. The van der Waals surface area contributed by atoms with Gasteiger partial charge in [0.1, 0.15) is 0 Å². The number of carbonyl (C=O) groups is 1. The zero-order valence-corrected chi connectivity index (χ0v) is 13.0. The summed E-state index contributed by atoms with van der Waals surface area (Å²) in [6.45, 7) is 9.33. The molecule has 18 heavy (non-hydrogen) atoms. The van der Waals surface area contributed by atoms with E-state index in [0.29, 0.717) is 12.5 Å². The van der Waals surface area contributed by atoms with Crippen molar-refractivity contribution in [3.8, 4) is 0 Å². The number of amides is 1. The fraction of sp³-hybridized carbons (Fsp3) is 0.933. The molecule has 2 atom stereocenters. The van der Waals surface area contributed by atoms with Gasteiger partial charge in [0.15, 0.2) is 0 Å². The molecule has 1 rings (SSSR count). The third-order valence-electron chi connectivity index (χ3n) is 4.05. The van der Waals surface area contributed by atoms with Crippen LogP contribution in [-0.4, -0.2) is 17.8 Å². The van der Waals surface area contributed by atoms with Crippen molar-refractivity contribution in [1.82, 2.24) is 5.32 Å². The third kappa shape index (κ3) is 4.79. The van der Waals surface area contributed by atoms with E-state index in [4.69, 9.17) is 11.6 Å². The molecule has 0 saturated heterocycles. The molecule has 1 aliphatic rings. The fourth-order valence-electron chi connectivity index (χ4n) is 2.91. The van der Waals surface area contributed by atoms with Gasteiger partial charge in [-0.2, -0.15) is 0 Å². The van der Waals surface area contributed by atoms with Crippen LogP contribution in [0.15, 0.2) is 0 Å². The highest BCUT2D eigenvalue weighted by Gasteiger charge is 2.36. The molecular formula is C15H28ClNO. The Labute approximate surface area is 117 Å². The average Bonchev–Trinajstić information content (AvgIpc) is 2.24. The number of alkyl halides is 1. The van der Waals surface area contributed by atoms with E-state index in [2.05, 4.69) is 33.0 Å². The number of nitrogens with one attached hydrogen (secondary N) is 1. The maximum absolute atomic E-state index is 12.2.